The van der Waals surface area contributed by atoms with Gasteiger partial charge in [-0.25, -0.2) is 0 Å². The molecule has 1 heterocycles. The fourth-order valence-electron chi connectivity index (χ4n) is 3.72. The summed E-state index contributed by atoms with van der Waals surface area (Å²) in [5, 5.41) is 1.98. The van der Waals surface area contributed by atoms with Gasteiger partial charge in [0.05, 0.1) is 20.6 Å². The Balaban J connectivity index is 0.00000106. The molecule has 1 unspecified atom stereocenters. The molecule has 1 aliphatic rings. The minimum Gasteiger partial charge on any atom is -0.316 e. The number of hydrogen-bond acceptors (Lipinski definition) is 3. The number of alkyl halides is 6. The molecule has 2 aromatic carbocycles. The highest BCUT2D eigenvalue weighted by atomic mass is 35.5. The molecule has 1 saturated heterocycles. The van der Waals surface area contributed by atoms with Crippen LogP contribution in [0.4, 0.5) is 32.0 Å². The Morgan fingerprint density at radius 2 is 1.61 bits per heavy atom. The molecule has 0 saturated carbocycles. The number of carbonyl (C=O) groups is 2. The largest absolute Gasteiger partial charge is 0.416 e. The van der Waals surface area contributed by atoms with Crippen LogP contribution in [0.2, 0.25) is 15.1 Å². The van der Waals surface area contributed by atoms with Gasteiger partial charge in [-0.1, -0.05) is 47.8 Å². The maximum absolute atomic E-state index is 14.3. The first kappa shape index (κ1) is 30.2. The van der Waals surface area contributed by atoms with E-state index >= 15 is 0 Å². The molecular formula is C23H21Cl3F6N2O2. The highest BCUT2D eigenvalue weighted by Crippen LogP contribution is 2.51. The second-order valence-corrected chi connectivity index (χ2v) is 9.13. The normalized spacial score (nSPS) is 18.2. The minimum absolute atomic E-state index is 0.103. The van der Waals surface area contributed by atoms with E-state index in [0.717, 1.165) is 24.5 Å². The zero-order valence-corrected chi connectivity index (χ0v) is 21.2. The zero-order chi connectivity index (χ0) is 27.5. The van der Waals surface area contributed by atoms with Gasteiger partial charge < -0.3 is 15.0 Å². The lowest BCUT2D eigenvalue weighted by Crippen LogP contribution is -2.45. The summed E-state index contributed by atoms with van der Waals surface area (Å²) in [4.78, 5) is 22.5. The first-order valence-electron chi connectivity index (χ1n) is 10.4. The van der Waals surface area contributed by atoms with Crippen LogP contribution < -0.4 is 10.2 Å². The molecule has 0 bridgehead atoms. The zero-order valence-electron chi connectivity index (χ0n) is 19.0. The van der Waals surface area contributed by atoms with Gasteiger partial charge in [-0.2, -0.15) is 26.3 Å². The Hall–Kier alpha value is -2.01. The van der Waals surface area contributed by atoms with Gasteiger partial charge in [0, 0.05) is 31.6 Å². The topological polar surface area (TPSA) is 49.4 Å². The van der Waals surface area contributed by atoms with Gasteiger partial charge in [0.2, 0.25) is 5.91 Å². The van der Waals surface area contributed by atoms with Crippen molar-refractivity contribution in [3.63, 3.8) is 0 Å². The average molecular weight is 578 g/mol. The molecular weight excluding hydrogens is 557 g/mol. The summed E-state index contributed by atoms with van der Waals surface area (Å²) in [5.41, 5.74) is -4.57. The van der Waals surface area contributed by atoms with Crippen LogP contribution in [0.25, 0.3) is 0 Å². The third kappa shape index (κ3) is 6.27. The number of rotatable bonds is 5. The van der Waals surface area contributed by atoms with E-state index in [0.29, 0.717) is 17.4 Å². The van der Waals surface area contributed by atoms with Gasteiger partial charge in [0.25, 0.3) is 0 Å². The fourth-order valence-corrected chi connectivity index (χ4v) is 4.32. The molecule has 2 aromatic rings. The summed E-state index contributed by atoms with van der Waals surface area (Å²) in [7, 11) is 1.46. The molecule has 1 atom stereocenters. The van der Waals surface area contributed by atoms with E-state index in [2.05, 4.69) is 5.32 Å². The Morgan fingerprint density at radius 1 is 1.06 bits per heavy atom. The van der Waals surface area contributed by atoms with Crippen molar-refractivity contribution in [2.24, 2.45) is 0 Å². The van der Waals surface area contributed by atoms with Crippen molar-refractivity contribution < 1.29 is 35.9 Å². The lowest BCUT2D eigenvalue weighted by Gasteiger charge is -2.32. The second-order valence-electron chi connectivity index (χ2n) is 7.93. The van der Waals surface area contributed by atoms with Crippen LogP contribution in [-0.4, -0.2) is 32.0 Å². The number of hydrogen-bond donors (Lipinski definition) is 1. The Morgan fingerprint density at radius 3 is 2.06 bits per heavy atom. The number of carbonyl (C=O) groups excluding carboxylic acids is 2. The first-order chi connectivity index (χ1) is 16.6. The number of nitrogens with zero attached hydrogens (tertiary/aromatic N) is 1. The summed E-state index contributed by atoms with van der Waals surface area (Å²) in [6.45, 7) is 0.761. The van der Waals surface area contributed by atoms with E-state index in [4.69, 9.17) is 34.8 Å². The third-order valence-electron chi connectivity index (χ3n) is 5.51. The summed E-state index contributed by atoms with van der Waals surface area (Å²) < 4.78 is 83.4. The van der Waals surface area contributed by atoms with Gasteiger partial charge in [-0.3, -0.25) is 4.79 Å². The van der Waals surface area contributed by atoms with E-state index in [1.165, 1.54) is 13.1 Å². The molecule has 13 heteroatoms. The molecule has 36 heavy (non-hydrogen) atoms. The molecule has 0 aliphatic carbocycles. The summed E-state index contributed by atoms with van der Waals surface area (Å²) >= 11 is 17.6. The molecule has 198 valence electrons. The standard InChI is InChI=1S/C20H15Cl3F6N2O.C3H6O/c1-30-8-10-2-3-12(6-13(10)19(24,25)26)31-9-18(7-16(31)32,20(27,28)29)11-4-14(21)17(23)15(22)5-11;1-2-3-4/h2-6,30H,7-9H2,1H3;3H,2H2,1H3. The molecule has 0 radical (unpaired) electrons. The smallest absolute Gasteiger partial charge is 0.316 e. The predicted octanol–water partition coefficient (Wildman–Crippen LogP) is 7.22. The van der Waals surface area contributed by atoms with Crippen molar-refractivity contribution in [2.45, 2.75) is 44.1 Å². The number of amides is 1. The number of nitrogens with one attached hydrogen (secondary N) is 1. The van der Waals surface area contributed by atoms with Crippen LogP contribution in [0.1, 0.15) is 36.5 Å². The molecule has 1 amide bonds. The van der Waals surface area contributed by atoms with Gasteiger partial charge in [-0.05, 0) is 42.4 Å². The SMILES string of the molecule is CCC=O.CNCc1ccc(N2CC(c3cc(Cl)c(Cl)c(Cl)c3)(C(F)(F)F)CC2=O)cc1C(F)(F)F. The van der Waals surface area contributed by atoms with E-state index in [1.807, 2.05) is 6.92 Å². The Bertz CT molecular complexity index is 1100. The van der Waals surface area contributed by atoms with Crippen molar-refractivity contribution in [1.29, 1.82) is 0 Å². The predicted molar refractivity (Wildman–Crippen MR) is 127 cm³/mol. The molecule has 0 aromatic heterocycles. The summed E-state index contributed by atoms with van der Waals surface area (Å²) in [5.74, 6) is -0.987. The van der Waals surface area contributed by atoms with Crippen LogP contribution >= 0.6 is 34.8 Å². The van der Waals surface area contributed by atoms with Crippen LogP contribution in [0.15, 0.2) is 30.3 Å². The van der Waals surface area contributed by atoms with Crippen molar-refractivity contribution in [1.82, 2.24) is 5.32 Å². The van der Waals surface area contributed by atoms with Crippen molar-refractivity contribution >= 4 is 52.7 Å². The van der Waals surface area contributed by atoms with Crippen LogP contribution in [0.3, 0.4) is 0 Å². The van der Waals surface area contributed by atoms with Crippen molar-refractivity contribution in [3.8, 4) is 0 Å². The maximum atomic E-state index is 14.3. The molecule has 1 fully saturated rings. The van der Waals surface area contributed by atoms with Crippen molar-refractivity contribution in [3.05, 3.63) is 62.1 Å². The quantitative estimate of drug-likeness (QED) is 0.232. The molecule has 3 rings (SSSR count). The van der Waals surface area contributed by atoms with Gasteiger partial charge in [0.1, 0.15) is 11.7 Å². The lowest BCUT2D eigenvalue weighted by molar-refractivity contribution is -0.185. The highest BCUT2D eigenvalue weighted by Gasteiger charge is 2.62. The Labute approximate surface area is 218 Å². The number of anilines is 1. The van der Waals surface area contributed by atoms with Crippen molar-refractivity contribution in [2.75, 3.05) is 18.5 Å². The maximum Gasteiger partial charge on any atom is 0.416 e. The average Bonchev–Trinajstić information content (AvgIpc) is 3.15. The van der Waals surface area contributed by atoms with Gasteiger partial charge in [0.15, 0.2) is 0 Å². The fraction of sp³-hybridized carbons (Fsp3) is 0.391. The third-order valence-corrected chi connectivity index (χ3v) is 6.70. The van der Waals surface area contributed by atoms with Crippen LogP contribution in [0.5, 0.6) is 0 Å². The first-order valence-corrected chi connectivity index (χ1v) is 11.6. The number of halogens is 9. The molecule has 1 N–H and O–H groups in total. The van der Waals surface area contributed by atoms with E-state index in [-0.39, 0.29) is 32.9 Å². The molecule has 1 aliphatic heterocycles. The minimum atomic E-state index is -4.93. The molecule has 0 spiro atoms. The van der Waals surface area contributed by atoms with Crippen LogP contribution in [-0.2, 0) is 27.7 Å². The lowest BCUT2D eigenvalue weighted by atomic mass is 9.78. The Kier molecular flexibility index (Phi) is 9.72. The summed E-state index contributed by atoms with van der Waals surface area (Å²) in [6.07, 6.45) is -9.20. The van der Waals surface area contributed by atoms with Crippen LogP contribution in [0, 0.1) is 0 Å². The number of benzene rings is 2. The van der Waals surface area contributed by atoms with E-state index in [9.17, 15) is 35.9 Å². The van der Waals surface area contributed by atoms with Gasteiger partial charge >= 0.3 is 12.4 Å². The second kappa shape index (κ2) is 11.6. The molecule has 4 nitrogen and oxygen atoms in total. The highest BCUT2D eigenvalue weighted by molar-refractivity contribution is 6.48. The number of aldehydes is 1. The summed E-state index contributed by atoms with van der Waals surface area (Å²) in [6, 6.07) is 4.94. The van der Waals surface area contributed by atoms with E-state index in [1.54, 1.807) is 0 Å². The van der Waals surface area contributed by atoms with E-state index < -0.39 is 47.8 Å². The van der Waals surface area contributed by atoms with Gasteiger partial charge in [-0.15, -0.1) is 0 Å². The monoisotopic (exact) mass is 576 g/mol.